The minimum absolute atomic E-state index is 0.370. The molecule has 0 spiro atoms. The number of urea groups is 1. The first-order valence-corrected chi connectivity index (χ1v) is 8.86. The second-order valence-corrected chi connectivity index (χ2v) is 7.18. The number of rotatable bonds is 4. The van der Waals surface area contributed by atoms with Crippen molar-refractivity contribution < 1.29 is 14.4 Å². The molecular weight excluding hydrogens is 366 g/mol. The number of hydrogen-bond acceptors (Lipinski definition) is 3. The summed E-state index contributed by atoms with van der Waals surface area (Å²) in [6.07, 6.45) is 0. The minimum Gasteiger partial charge on any atom is -0.325 e. The molecule has 0 unspecified atom stereocenters. The van der Waals surface area contributed by atoms with Crippen molar-refractivity contribution in [2.45, 2.75) is 26.3 Å². The van der Waals surface area contributed by atoms with E-state index in [1.165, 1.54) is 0 Å². The van der Waals surface area contributed by atoms with Crippen LogP contribution in [-0.2, 0) is 15.1 Å². The molecule has 2 aromatic rings. The number of carbonyl (C=O) groups is 3. The van der Waals surface area contributed by atoms with Crippen molar-refractivity contribution in [2.75, 3.05) is 11.9 Å². The number of hydrogen-bond donors (Lipinski definition) is 2. The first-order valence-electron chi connectivity index (χ1n) is 8.48. The van der Waals surface area contributed by atoms with Crippen LogP contribution >= 0.6 is 11.6 Å². The van der Waals surface area contributed by atoms with E-state index in [-0.39, 0.29) is 6.54 Å². The van der Waals surface area contributed by atoms with Crippen LogP contribution in [0.3, 0.4) is 0 Å². The maximum atomic E-state index is 12.9. The highest BCUT2D eigenvalue weighted by molar-refractivity contribution is 6.32. The van der Waals surface area contributed by atoms with Crippen molar-refractivity contribution in [3.8, 4) is 0 Å². The molecule has 7 heteroatoms. The van der Waals surface area contributed by atoms with Crippen LogP contribution in [0.2, 0.25) is 5.02 Å². The Morgan fingerprint density at radius 1 is 1.15 bits per heavy atom. The molecule has 27 heavy (non-hydrogen) atoms. The van der Waals surface area contributed by atoms with Gasteiger partial charge < -0.3 is 10.6 Å². The Labute approximate surface area is 162 Å². The Hall–Kier alpha value is -2.86. The van der Waals surface area contributed by atoms with Crippen molar-refractivity contribution >= 4 is 35.1 Å². The number of nitrogens with one attached hydrogen (secondary N) is 2. The average molecular weight is 386 g/mol. The maximum absolute atomic E-state index is 12.9. The van der Waals surface area contributed by atoms with Gasteiger partial charge in [-0.05, 0) is 50.1 Å². The molecule has 0 aliphatic carbocycles. The Balaban J connectivity index is 1.76. The highest BCUT2D eigenvalue weighted by Gasteiger charge is 2.50. The zero-order valence-corrected chi connectivity index (χ0v) is 16.1. The fourth-order valence-electron chi connectivity index (χ4n) is 3.05. The third kappa shape index (κ3) is 3.53. The monoisotopic (exact) mass is 385 g/mol. The summed E-state index contributed by atoms with van der Waals surface area (Å²) in [4.78, 5) is 38.5. The molecule has 0 aromatic heterocycles. The lowest BCUT2D eigenvalue weighted by atomic mass is 9.92. The molecule has 1 atom stereocenters. The predicted octanol–water partition coefficient (Wildman–Crippen LogP) is 3.36. The van der Waals surface area contributed by atoms with Crippen LogP contribution in [0.1, 0.15) is 23.6 Å². The van der Waals surface area contributed by atoms with E-state index < -0.39 is 23.4 Å². The van der Waals surface area contributed by atoms with Crippen LogP contribution in [-0.4, -0.2) is 29.3 Å². The zero-order valence-electron chi connectivity index (χ0n) is 15.3. The van der Waals surface area contributed by atoms with Crippen molar-refractivity contribution in [3.05, 3.63) is 64.2 Å². The number of carbonyl (C=O) groups excluding carboxylic acids is 3. The zero-order chi connectivity index (χ0) is 19.8. The van der Waals surface area contributed by atoms with E-state index in [2.05, 4.69) is 10.6 Å². The summed E-state index contributed by atoms with van der Waals surface area (Å²) < 4.78 is 0. The first kappa shape index (κ1) is 18.9. The van der Waals surface area contributed by atoms with E-state index in [4.69, 9.17) is 11.6 Å². The van der Waals surface area contributed by atoms with E-state index in [1.807, 2.05) is 26.0 Å². The molecule has 140 valence electrons. The Morgan fingerprint density at radius 2 is 1.85 bits per heavy atom. The van der Waals surface area contributed by atoms with Crippen LogP contribution in [0.4, 0.5) is 10.5 Å². The van der Waals surface area contributed by atoms with Gasteiger partial charge in [0.15, 0.2) is 0 Å². The lowest BCUT2D eigenvalue weighted by Gasteiger charge is -2.23. The fourth-order valence-corrected chi connectivity index (χ4v) is 3.38. The van der Waals surface area contributed by atoms with Gasteiger partial charge in [0.2, 0.25) is 5.91 Å². The van der Waals surface area contributed by atoms with E-state index >= 15 is 0 Å². The van der Waals surface area contributed by atoms with Gasteiger partial charge in [0.05, 0.1) is 0 Å². The molecule has 2 aromatic carbocycles. The number of aryl methyl sites for hydroxylation is 2. The molecule has 1 fully saturated rings. The van der Waals surface area contributed by atoms with Gasteiger partial charge in [-0.25, -0.2) is 4.79 Å². The van der Waals surface area contributed by atoms with Crippen LogP contribution in [0.15, 0.2) is 42.5 Å². The topological polar surface area (TPSA) is 78.5 Å². The van der Waals surface area contributed by atoms with E-state index in [1.54, 1.807) is 37.3 Å². The van der Waals surface area contributed by atoms with Crippen molar-refractivity contribution in [1.29, 1.82) is 0 Å². The van der Waals surface area contributed by atoms with Gasteiger partial charge in [-0.15, -0.1) is 0 Å². The SMILES string of the molecule is Cc1ccc(NC(=O)CN2C(=O)N[C@](C)(c3ccccc3Cl)C2=O)cc1C. The summed E-state index contributed by atoms with van der Waals surface area (Å²) in [6.45, 7) is 5.12. The summed E-state index contributed by atoms with van der Waals surface area (Å²) in [7, 11) is 0. The summed E-state index contributed by atoms with van der Waals surface area (Å²) in [6, 6.07) is 11.7. The Bertz CT molecular complexity index is 944. The van der Waals surface area contributed by atoms with Crippen LogP contribution in [0.5, 0.6) is 0 Å². The summed E-state index contributed by atoms with van der Waals surface area (Å²) >= 11 is 6.19. The number of halogens is 1. The third-order valence-corrected chi connectivity index (χ3v) is 5.11. The molecule has 0 radical (unpaired) electrons. The predicted molar refractivity (Wildman–Crippen MR) is 104 cm³/mol. The van der Waals surface area contributed by atoms with Gasteiger partial charge in [0.1, 0.15) is 12.1 Å². The number of amides is 4. The van der Waals surface area contributed by atoms with Gasteiger partial charge in [-0.3, -0.25) is 14.5 Å². The first-order chi connectivity index (χ1) is 12.7. The van der Waals surface area contributed by atoms with Crippen molar-refractivity contribution in [2.24, 2.45) is 0 Å². The standard InChI is InChI=1S/C20H20ClN3O3/c1-12-8-9-14(10-13(12)2)22-17(25)11-24-18(26)20(3,23-19(24)27)15-6-4-5-7-16(15)21/h4-10H,11H2,1-3H3,(H,22,25)(H,23,27)/t20-/m1/s1. The molecule has 1 heterocycles. The van der Waals surface area contributed by atoms with Gasteiger partial charge >= 0.3 is 6.03 Å². The smallest absolute Gasteiger partial charge is 0.325 e. The lowest BCUT2D eigenvalue weighted by molar-refractivity contribution is -0.133. The lowest BCUT2D eigenvalue weighted by Crippen LogP contribution is -2.42. The van der Waals surface area contributed by atoms with Crippen molar-refractivity contribution in [3.63, 3.8) is 0 Å². The summed E-state index contributed by atoms with van der Waals surface area (Å²) in [5, 5.41) is 5.73. The van der Waals surface area contributed by atoms with Crippen LogP contribution in [0.25, 0.3) is 0 Å². The third-order valence-electron chi connectivity index (χ3n) is 4.78. The highest BCUT2D eigenvalue weighted by Crippen LogP contribution is 2.33. The second kappa shape index (κ2) is 7.04. The summed E-state index contributed by atoms with van der Waals surface area (Å²) in [5.41, 5.74) is 1.94. The Morgan fingerprint density at radius 3 is 2.52 bits per heavy atom. The summed E-state index contributed by atoms with van der Waals surface area (Å²) in [5.74, 6) is -0.971. The maximum Gasteiger partial charge on any atom is 0.325 e. The number of anilines is 1. The number of nitrogens with zero attached hydrogens (tertiary/aromatic N) is 1. The molecule has 6 nitrogen and oxygen atoms in total. The quantitative estimate of drug-likeness (QED) is 0.792. The molecule has 4 amide bonds. The van der Waals surface area contributed by atoms with Crippen LogP contribution in [0, 0.1) is 13.8 Å². The molecule has 3 rings (SSSR count). The van der Waals surface area contributed by atoms with E-state index in [9.17, 15) is 14.4 Å². The average Bonchev–Trinajstić information content (AvgIpc) is 2.82. The number of imide groups is 1. The van der Waals surface area contributed by atoms with Crippen molar-refractivity contribution in [1.82, 2.24) is 10.2 Å². The minimum atomic E-state index is -1.31. The molecule has 1 aliphatic rings. The molecular formula is C20H20ClN3O3. The fraction of sp³-hybridized carbons (Fsp3) is 0.250. The molecule has 0 bridgehead atoms. The second-order valence-electron chi connectivity index (χ2n) is 6.77. The van der Waals surface area contributed by atoms with Gasteiger partial charge in [0.25, 0.3) is 5.91 Å². The largest absolute Gasteiger partial charge is 0.325 e. The molecule has 1 aliphatic heterocycles. The molecule has 0 saturated carbocycles. The normalized spacial score (nSPS) is 19.2. The van der Waals surface area contributed by atoms with Gasteiger partial charge in [-0.2, -0.15) is 0 Å². The molecule has 1 saturated heterocycles. The van der Waals surface area contributed by atoms with Gasteiger partial charge in [-0.1, -0.05) is 35.9 Å². The number of benzene rings is 2. The van der Waals surface area contributed by atoms with Gasteiger partial charge in [0, 0.05) is 16.3 Å². The van der Waals surface area contributed by atoms with Crippen LogP contribution < -0.4 is 10.6 Å². The molecule has 2 N–H and O–H groups in total. The highest BCUT2D eigenvalue weighted by atomic mass is 35.5. The van der Waals surface area contributed by atoms with E-state index in [0.717, 1.165) is 16.0 Å². The Kier molecular flexibility index (Phi) is 4.93. The van der Waals surface area contributed by atoms with E-state index in [0.29, 0.717) is 16.3 Å².